The fourth-order valence-electron chi connectivity index (χ4n) is 2.23. The molecule has 2 N–H and O–H groups in total. The van der Waals surface area contributed by atoms with Gasteiger partial charge in [-0.25, -0.2) is 4.98 Å². The van der Waals surface area contributed by atoms with Crippen molar-refractivity contribution in [2.45, 2.75) is 19.9 Å². The van der Waals surface area contributed by atoms with Gasteiger partial charge in [0, 0.05) is 18.3 Å². The Morgan fingerprint density at radius 3 is 2.61 bits per heavy atom. The van der Waals surface area contributed by atoms with E-state index in [0.717, 1.165) is 6.54 Å². The van der Waals surface area contributed by atoms with Crippen LogP contribution in [0.25, 0.3) is 0 Å². The highest BCUT2D eigenvalue weighted by Crippen LogP contribution is 2.32. The highest BCUT2D eigenvalue weighted by atomic mass is 16.1. The molecule has 92 valence electrons. The van der Waals surface area contributed by atoms with Crippen LogP contribution in [0.5, 0.6) is 0 Å². The van der Waals surface area contributed by atoms with Gasteiger partial charge in [-0.15, -0.1) is 0 Å². The smallest absolute Gasteiger partial charge is 0.229 e. The summed E-state index contributed by atoms with van der Waals surface area (Å²) in [5, 5.41) is 0. The lowest BCUT2D eigenvalue weighted by Gasteiger charge is -2.19. The van der Waals surface area contributed by atoms with Crippen LogP contribution < -0.4 is 5.73 Å². The zero-order valence-electron chi connectivity index (χ0n) is 10.2. The van der Waals surface area contributed by atoms with Crippen LogP contribution in [-0.4, -0.2) is 34.0 Å². The van der Waals surface area contributed by atoms with E-state index in [1.807, 2.05) is 11.8 Å². The number of rotatable bonds is 1. The Bertz CT molecular complexity index is 619. The Morgan fingerprint density at radius 2 is 2.00 bits per heavy atom. The molecule has 0 aromatic carbocycles. The average Bonchev–Trinajstić information content (AvgIpc) is 3.03. The van der Waals surface area contributed by atoms with Crippen molar-refractivity contribution in [2.24, 2.45) is 5.73 Å². The molecule has 0 bridgehead atoms. The maximum Gasteiger partial charge on any atom is 0.229 e. The number of aromatic nitrogens is 1. The third-order valence-electron chi connectivity index (χ3n) is 3.36. The maximum atomic E-state index is 12.3. The molecule has 3 rings (SSSR count). The van der Waals surface area contributed by atoms with Crippen molar-refractivity contribution in [2.75, 3.05) is 6.54 Å². The lowest BCUT2D eigenvalue weighted by atomic mass is 9.94. The van der Waals surface area contributed by atoms with Crippen LogP contribution >= 0.6 is 0 Å². The molecule has 0 spiro atoms. The first-order chi connectivity index (χ1) is 8.50. The number of nitrogens with two attached hydrogens (primary N) is 1. The number of carbonyl (C=O) groups is 2. The van der Waals surface area contributed by atoms with Crippen LogP contribution in [-0.2, 0) is 0 Å². The van der Waals surface area contributed by atoms with E-state index in [2.05, 4.69) is 4.98 Å². The molecular weight excluding hydrogens is 230 g/mol. The van der Waals surface area contributed by atoms with Gasteiger partial charge in [-0.1, -0.05) is 0 Å². The van der Waals surface area contributed by atoms with E-state index in [9.17, 15) is 9.59 Å². The van der Waals surface area contributed by atoms with Crippen molar-refractivity contribution in [3.05, 3.63) is 40.5 Å². The van der Waals surface area contributed by atoms with Crippen molar-refractivity contribution in [1.82, 2.24) is 9.88 Å². The van der Waals surface area contributed by atoms with E-state index in [-0.39, 0.29) is 29.0 Å². The van der Waals surface area contributed by atoms with Gasteiger partial charge in [0.2, 0.25) is 11.6 Å². The Balaban J connectivity index is 2.16. The normalized spacial score (nSPS) is 22.3. The molecule has 0 saturated carbocycles. The monoisotopic (exact) mass is 243 g/mol. The largest absolute Gasteiger partial charge is 0.394 e. The molecule has 2 heterocycles. The molecule has 5 heteroatoms. The zero-order valence-corrected chi connectivity index (χ0v) is 10.2. The van der Waals surface area contributed by atoms with Gasteiger partial charge >= 0.3 is 0 Å². The van der Waals surface area contributed by atoms with Gasteiger partial charge in [-0.05, 0) is 26.0 Å². The fourth-order valence-corrected chi connectivity index (χ4v) is 2.23. The summed E-state index contributed by atoms with van der Waals surface area (Å²) in [6.07, 6.45) is 0. The number of nitrogens with zero attached hydrogens (tertiary/aromatic N) is 2. The van der Waals surface area contributed by atoms with Crippen LogP contribution in [0.15, 0.2) is 23.5 Å². The topological polar surface area (TPSA) is 76.1 Å². The summed E-state index contributed by atoms with van der Waals surface area (Å²) in [6, 6.07) is 3.66. The molecule has 1 aliphatic carbocycles. The van der Waals surface area contributed by atoms with Crippen LogP contribution in [0.3, 0.4) is 0 Å². The third kappa shape index (κ3) is 1.37. The quantitative estimate of drug-likeness (QED) is 0.733. The summed E-state index contributed by atoms with van der Waals surface area (Å²) in [4.78, 5) is 30.4. The Kier molecular flexibility index (Phi) is 2.08. The predicted molar refractivity (Wildman–Crippen MR) is 65.0 cm³/mol. The summed E-state index contributed by atoms with van der Waals surface area (Å²) in [5.41, 5.74) is 7.40. The minimum atomic E-state index is -0.345. The van der Waals surface area contributed by atoms with Crippen molar-refractivity contribution >= 4 is 11.6 Å². The van der Waals surface area contributed by atoms with Gasteiger partial charge in [0.25, 0.3) is 0 Å². The number of ketones is 2. The first kappa shape index (κ1) is 11.0. The average molecular weight is 243 g/mol. The molecule has 5 nitrogen and oxygen atoms in total. The standard InChI is InChI=1S/C13H13N3O2/c1-6-3-4-8-10(15-6)13(18)9(14)11(12(8)17)16-5-7(16)2/h3-4,7H,5,14H2,1-2H3. The summed E-state index contributed by atoms with van der Waals surface area (Å²) in [5.74, 6) is -0.540. The highest BCUT2D eigenvalue weighted by molar-refractivity contribution is 6.25. The number of hydrogen-bond donors (Lipinski definition) is 1. The molecule has 18 heavy (non-hydrogen) atoms. The van der Waals surface area contributed by atoms with Crippen LogP contribution in [0.2, 0.25) is 0 Å². The summed E-state index contributed by atoms with van der Waals surface area (Å²) < 4.78 is 0. The zero-order chi connectivity index (χ0) is 13.0. The number of pyridine rings is 1. The molecule has 1 aliphatic heterocycles. The second-order valence-corrected chi connectivity index (χ2v) is 4.77. The van der Waals surface area contributed by atoms with E-state index >= 15 is 0 Å². The lowest BCUT2D eigenvalue weighted by Crippen LogP contribution is -2.31. The minimum absolute atomic E-state index is 0.0231. The SMILES string of the molecule is Cc1ccc2c(n1)C(=O)C(N)=C(N1CC1C)C2=O. The van der Waals surface area contributed by atoms with Crippen LogP contribution in [0, 0.1) is 6.92 Å². The molecule has 0 radical (unpaired) electrons. The van der Waals surface area contributed by atoms with Crippen molar-refractivity contribution in [3.8, 4) is 0 Å². The van der Waals surface area contributed by atoms with E-state index in [1.165, 1.54) is 0 Å². The summed E-state index contributed by atoms with van der Waals surface area (Å²) in [7, 11) is 0. The highest BCUT2D eigenvalue weighted by Gasteiger charge is 2.42. The van der Waals surface area contributed by atoms with Gasteiger partial charge in [0.1, 0.15) is 17.1 Å². The number of carbonyl (C=O) groups excluding carboxylic acids is 2. The molecule has 1 unspecified atom stereocenters. The molecule has 2 aliphatic rings. The Labute approximate surface area is 104 Å². The fraction of sp³-hybridized carbons (Fsp3) is 0.308. The van der Waals surface area contributed by atoms with E-state index < -0.39 is 0 Å². The van der Waals surface area contributed by atoms with Gasteiger partial charge in [-0.3, -0.25) is 9.59 Å². The molecule has 1 aromatic heterocycles. The number of Topliss-reactive ketones (excluding diaryl/α,β-unsaturated/α-hetero) is 2. The number of hydrogen-bond acceptors (Lipinski definition) is 5. The molecule has 1 fully saturated rings. The molecule has 1 atom stereocenters. The molecular formula is C13H13N3O2. The van der Waals surface area contributed by atoms with Gasteiger partial charge in [0.05, 0.1) is 5.56 Å². The second-order valence-electron chi connectivity index (χ2n) is 4.77. The second kappa shape index (κ2) is 3.41. The summed E-state index contributed by atoms with van der Waals surface area (Å²) in [6.45, 7) is 4.53. The molecule has 1 aromatic rings. The number of fused-ring (bicyclic) bond motifs is 1. The van der Waals surface area contributed by atoms with Crippen molar-refractivity contribution in [1.29, 1.82) is 0 Å². The van der Waals surface area contributed by atoms with Crippen molar-refractivity contribution in [3.63, 3.8) is 0 Å². The van der Waals surface area contributed by atoms with Gasteiger partial charge in [-0.2, -0.15) is 0 Å². The minimum Gasteiger partial charge on any atom is -0.394 e. The van der Waals surface area contributed by atoms with Crippen LogP contribution in [0.4, 0.5) is 0 Å². The Morgan fingerprint density at radius 1 is 1.33 bits per heavy atom. The van der Waals surface area contributed by atoms with E-state index in [0.29, 0.717) is 17.0 Å². The predicted octanol–water partition coefficient (Wildman–Crippen LogP) is 0.643. The van der Waals surface area contributed by atoms with Crippen molar-refractivity contribution < 1.29 is 9.59 Å². The van der Waals surface area contributed by atoms with Gasteiger partial charge in [0.15, 0.2) is 0 Å². The lowest BCUT2D eigenvalue weighted by molar-refractivity contribution is 0.0954. The number of aryl methyl sites for hydroxylation is 1. The van der Waals surface area contributed by atoms with Gasteiger partial charge < -0.3 is 10.6 Å². The molecule has 1 saturated heterocycles. The van der Waals surface area contributed by atoms with E-state index in [4.69, 9.17) is 5.73 Å². The maximum absolute atomic E-state index is 12.3. The first-order valence-electron chi connectivity index (χ1n) is 5.84. The van der Waals surface area contributed by atoms with Crippen LogP contribution in [0.1, 0.15) is 33.5 Å². The summed E-state index contributed by atoms with van der Waals surface area (Å²) >= 11 is 0. The Hall–Kier alpha value is -2.17. The first-order valence-corrected chi connectivity index (χ1v) is 5.84. The number of allylic oxidation sites excluding steroid dienone is 2. The third-order valence-corrected chi connectivity index (χ3v) is 3.36. The molecule has 0 amide bonds. The van der Waals surface area contributed by atoms with E-state index in [1.54, 1.807) is 19.1 Å².